The zero-order valence-corrected chi connectivity index (χ0v) is 11.2. The third-order valence-corrected chi connectivity index (χ3v) is 5.30. The Labute approximate surface area is 98.6 Å². The lowest BCUT2D eigenvalue weighted by atomic mass is 10.0. The van der Waals surface area contributed by atoms with Crippen LogP contribution < -0.4 is 0 Å². The maximum absolute atomic E-state index is 12.0. The molecule has 0 amide bonds. The molecule has 0 aromatic heterocycles. The molecular weight excluding hydrogens is 220 g/mol. The molecule has 0 saturated carbocycles. The Morgan fingerprint density at radius 3 is 1.94 bits per heavy atom. The summed E-state index contributed by atoms with van der Waals surface area (Å²) in [7, 11) is -3.13. The maximum Gasteiger partial charge on any atom is 0.180 e. The van der Waals surface area contributed by atoms with Crippen molar-refractivity contribution in [3.63, 3.8) is 0 Å². The number of hydrogen-bond donors (Lipinski definition) is 0. The van der Waals surface area contributed by atoms with Crippen molar-refractivity contribution < 1.29 is 8.42 Å². The molecule has 1 rings (SSSR count). The molecule has 0 spiro atoms. The third kappa shape index (κ3) is 2.64. The topological polar surface area (TPSA) is 34.1 Å². The van der Waals surface area contributed by atoms with E-state index in [4.69, 9.17) is 0 Å². The molecule has 1 aromatic carbocycles. The Hall–Kier alpha value is -0.830. The van der Waals surface area contributed by atoms with Crippen molar-refractivity contribution in [2.75, 3.05) is 0 Å². The summed E-state index contributed by atoms with van der Waals surface area (Å²) in [6.07, 6.45) is 0.647. The fourth-order valence-electron chi connectivity index (χ4n) is 1.49. The van der Waals surface area contributed by atoms with Gasteiger partial charge in [-0.3, -0.25) is 0 Å². The van der Waals surface area contributed by atoms with Gasteiger partial charge in [0.15, 0.2) is 9.84 Å². The minimum absolute atomic E-state index is 0.308. The van der Waals surface area contributed by atoms with Crippen LogP contribution in [0.25, 0.3) is 0 Å². The summed E-state index contributed by atoms with van der Waals surface area (Å²) in [5.74, 6) is 0.431. The molecule has 90 valence electrons. The van der Waals surface area contributed by atoms with Gasteiger partial charge < -0.3 is 0 Å². The minimum atomic E-state index is -3.13. The zero-order chi connectivity index (χ0) is 12.3. The molecule has 1 atom stereocenters. The van der Waals surface area contributed by atoms with Crippen LogP contribution in [-0.4, -0.2) is 13.7 Å². The SMILES string of the molecule is CCC(C)S(=O)(=O)c1ccc(C(C)C)cc1. The summed E-state index contributed by atoms with van der Waals surface area (Å²) < 4.78 is 24.1. The second-order valence-electron chi connectivity index (χ2n) is 4.49. The third-order valence-electron chi connectivity index (χ3n) is 2.98. The first-order valence-corrected chi connectivity index (χ1v) is 7.28. The van der Waals surface area contributed by atoms with Crippen molar-refractivity contribution in [1.29, 1.82) is 0 Å². The van der Waals surface area contributed by atoms with Gasteiger partial charge in [0.1, 0.15) is 0 Å². The van der Waals surface area contributed by atoms with E-state index in [-0.39, 0.29) is 5.25 Å². The molecule has 0 aliphatic heterocycles. The van der Waals surface area contributed by atoms with Crippen LogP contribution in [0.5, 0.6) is 0 Å². The molecule has 0 aliphatic rings. The van der Waals surface area contributed by atoms with Gasteiger partial charge in [-0.2, -0.15) is 0 Å². The molecule has 16 heavy (non-hydrogen) atoms. The largest absolute Gasteiger partial charge is 0.223 e. The average Bonchev–Trinajstić information content (AvgIpc) is 2.28. The normalized spacial score (nSPS) is 14.1. The summed E-state index contributed by atoms with van der Waals surface area (Å²) >= 11 is 0. The van der Waals surface area contributed by atoms with E-state index in [2.05, 4.69) is 13.8 Å². The van der Waals surface area contributed by atoms with Crippen molar-refractivity contribution >= 4 is 9.84 Å². The molecule has 0 bridgehead atoms. The monoisotopic (exact) mass is 240 g/mol. The molecule has 0 saturated heterocycles. The van der Waals surface area contributed by atoms with E-state index < -0.39 is 9.84 Å². The van der Waals surface area contributed by atoms with Gasteiger partial charge in [0.25, 0.3) is 0 Å². The van der Waals surface area contributed by atoms with Crippen molar-refractivity contribution in [2.24, 2.45) is 0 Å². The summed E-state index contributed by atoms with van der Waals surface area (Å²) in [6, 6.07) is 7.24. The van der Waals surface area contributed by atoms with Crippen LogP contribution in [0, 0.1) is 0 Å². The van der Waals surface area contributed by atoms with E-state index in [0.717, 1.165) is 0 Å². The van der Waals surface area contributed by atoms with E-state index in [9.17, 15) is 8.42 Å². The van der Waals surface area contributed by atoms with Crippen LogP contribution in [-0.2, 0) is 9.84 Å². The summed E-state index contributed by atoms with van der Waals surface area (Å²) in [5, 5.41) is -0.308. The van der Waals surface area contributed by atoms with Gasteiger partial charge in [-0.05, 0) is 37.0 Å². The molecule has 1 unspecified atom stereocenters. The van der Waals surface area contributed by atoms with E-state index in [1.807, 2.05) is 19.1 Å². The first-order valence-electron chi connectivity index (χ1n) is 5.73. The van der Waals surface area contributed by atoms with Crippen molar-refractivity contribution in [1.82, 2.24) is 0 Å². The first-order chi connectivity index (χ1) is 7.39. The van der Waals surface area contributed by atoms with Gasteiger partial charge in [0.2, 0.25) is 0 Å². The predicted octanol–water partition coefficient (Wildman–Crippen LogP) is 3.38. The Bertz CT molecular complexity index is 430. The van der Waals surface area contributed by atoms with Crippen LogP contribution in [0.1, 0.15) is 45.6 Å². The first kappa shape index (κ1) is 13.2. The van der Waals surface area contributed by atoms with Gasteiger partial charge in [0.05, 0.1) is 10.1 Å². The van der Waals surface area contributed by atoms with E-state index in [0.29, 0.717) is 17.2 Å². The predicted molar refractivity (Wildman–Crippen MR) is 67.5 cm³/mol. The van der Waals surface area contributed by atoms with Crippen LogP contribution in [0.3, 0.4) is 0 Å². The highest BCUT2D eigenvalue weighted by molar-refractivity contribution is 7.92. The van der Waals surface area contributed by atoms with Crippen LogP contribution in [0.4, 0.5) is 0 Å². The standard InChI is InChI=1S/C13H20O2S/c1-5-11(4)16(14,15)13-8-6-12(7-9-13)10(2)3/h6-11H,5H2,1-4H3. The molecule has 3 heteroatoms. The molecule has 0 fully saturated rings. The van der Waals surface area contributed by atoms with Crippen molar-refractivity contribution in [2.45, 2.75) is 50.2 Å². The van der Waals surface area contributed by atoms with E-state index in [1.165, 1.54) is 5.56 Å². The van der Waals surface area contributed by atoms with E-state index >= 15 is 0 Å². The molecule has 1 aromatic rings. The summed E-state index contributed by atoms with van der Waals surface area (Å²) in [4.78, 5) is 0.436. The second kappa shape index (κ2) is 5.00. The number of rotatable bonds is 4. The van der Waals surface area contributed by atoms with Gasteiger partial charge >= 0.3 is 0 Å². The number of benzene rings is 1. The number of sulfone groups is 1. The molecular formula is C13H20O2S. The van der Waals surface area contributed by atoms with E-state index in [1.54, 1.807) is 19.1 Å². The highest BCUT2D eigenvalue weighted by Crippen LogP contribution is 2.21. The van der Waals surface area contributed by atoms with Gasteiger partial charge in [-0.15, -0.1) is 0 Å². The Morgan fingerprint density at radius 1 is 1.06 bits per heavy atom. The lowest BCUT2D eigenvalue weighted by Gasteiger charge is -2.12. The van der Waals surface area contributed by atoms with Crippen LogP contribution in [0.2, 0.25) is 0 Å². The highest BCUT2D eigenvalue weighted by atomic mass is 32.2. The zero-order valence-electron chi connectivity index (χ0n) is 10.4. The Kier molecular flexibility index (Phi) is 4.14. The smallest absolute Gasteiger partial charge is 0.180 e. The molecule has 0 radical (unpaired) electrons. The summed E-state index contributed by atoms with van der Waals surface area (Å²) in [6.45, 7) is 7.84. The van der Waals surface area contributed by atoms with Crippen LogP contribution >= 0.6 is 0 Å². The molecule has 0 N–H and O–H groups in total. The molecule has 0 heterocycles. The van der Waals surface area contributed by atoms with Gasteiger partial charge in [0, 0.05) is 0 Å². The fraction of sp³-hybridized carbons (Fsp3) is 0.538. The van der Waals surface area contributed by atoms with Gasteiger partial charge in [-0.25, -0.2) is 8.42 Å². The van der Waals surface area contributed by atoms with Gasteiger partial charge in [-0.1, -0.05) is 32.9 Å². The fourth-order valence-corrected chi connectivity index (χ4v) is 2.91. The maximum atomic E-state index is 12.0. The minimum Gasteiger partial charge on any atom is -0.223 e. The lowest BCUT2D eigenvalue weighted by molar-refractivity contribution is 0.581. The second-order valence-corrected chi connectivity index (χ2v) is 6.85. The average molecular weight is 240 g/mol. The van der Waals surface area contributed by atoms with Crippen LogP contribution in [0.15, 0.2) is 29.2 Å². The molecule has 0 aliphatic carbocycles. The number of hydrogen-bond acceptors (Lipinski definition) is 2. The quantitative estimate of drug-likeness (QED) is 0.808. The Morgan fingerprint density at radius 2 is 1.56 bits per heavy atom. The summed E-state index contributed by atoms with van der Waals surface area (Å²) in [5.41, 5.74) is 1.17. The van der Waals surface area contributed by atoms with Crippen molar-refractivity contribution in [3.05, 3.63) is 29.8 Å². The highest BCUT2D eigenvalue weighted by Gasteiger charge is 2.21. The molecule has 2 nitrogen and oxygen atoms in total. The van der Waals surface area contributed by atoms with Crippen molar-refractivity contribution in [3.8, 4) is 0 Å². The Balaban J connectivity index is 3.07. The lowest BCUT2D eigenvalue weighted by Crippen LogP contribution is -2.16.